The van der Waals surface area contributed by atoms with E-state index in [0.717, 1.165) is 5.56 Å². The van der Waals surface area contributed by atoms with Crippen LogP contribution in [0.15, 0.2) is 54.6 Å². The summed E-state index contributed by atoms with van der Waals surface area (Å²) in [5, 5.41) is 22.0. The van der Waals surface area contributed by atoms with Crippen LogP contribution in [-0.2, 0) is 16.0 Å². The predicted molar refractivity (Wildman–Crippen MR) is 95.6 cm³/mol. The maximum Gasteiger partial charge on any atom is 0.331 e. The van der Waals surface area contributed by atoms with E-state index >= 15 is 0 Å². The van der Waals surface area contributed by atoms with E-state index in [9.17, 15) is 19.8 Å². The number of rotatable bonds is 8. The van der Waals surface area contributed by atoms with Crippen LogP contribution in [0.3, 0.4) is 0 Å². The molecule has 0 aliphatic carbocycles. The van der Waals surface area contributed by atoms with Crippen molar-refractivity contribution in [1.29, 1.82) is 0 Å². The summed E-state index contributed by atoms with van der Waals surface area (Å²) >= 11 is 0. The van der Waals surface area contributed by atoms with Crippen molar-refractivity contribution in [1.82, 2.24) is 5.32 Å². The second-order valence-corrected chi connectivity index (χ2v) is 5.82. The third kappa shape index (κ3) is 4.81. The first kappa shape index (κ1) is 19.4. The Bertz CT molecular complexity index is 751. The molecule has 7 heteroatoms. The molecule has 2 rings (SSSR count). The summed E-state index contributed by atoms with van der Waals surface area (Å²) in [4.78, 5) is 23.9. The first-order valence-electron chi connectivity index (χ1n) is 8.07. The van der Waals surface area contributed by atoms with Crippen LogP contribution in [-0.4, -0.2) is 41.3 Å². The van der Waals surface area contributed by atoms with Gasteiger partial charge in [-0.05, 0) is 18.1 Å². The van der Waals surface area contributed by atoms with Gasteiger partial charge in [0.2, 0.25) is 0 Å². The molecule has 26 heavy (non-hydrogen) atoms. The van der Waals surface area contributed by atoms with Gasteiger partial charge in [0.25, 0.3) is 5.91 Å². The Hall–Kier alpha value is -2.90. The molecule has 0 saturated carbocycles. The molecule has 2 aromatic carbocycles. The number of aliphatic carboxylic acids is 1. The molecule has 138 valence electrons. The highest BCUT2D eigenvalue weighted by atomic mass is 16.5. The highest BCUT2D eigenvalue weighted by Gasteiger charge is 2.30. The van der Waals surface area contributed by atoms with Crippen molar-refractivity contribution >= 4 is 11.9 Å². The Morgan fingerprint density at radius 2 is 1.73 bits per heavy atom. The number of carbonyl (C=O) groups excluding carboxylic acids is 1. The lowest BCUT2D eigenvalue weighted by Crippen LogP contribution is -2.49. The zero-order valence-electron chi connectivity index (χ0n) is 14.3. The maximum atomic E-state index is 12.3. The lowest BCUT2D eigenvalue weighted by atomic mass is 10.0. The Morgan fingerprint density at radius 3 is 2.35 bits per heavy atom. The zero-order valence-corrected chi connectivity index (χ0v) is 14.3. The standard InChI is InChI=1S/C19H22N2O5/c1-26-15-10-6-5-9-13(15)16(19(24)25)21-18(23)17(22)14(20)11-12-7-3-2-4-8-12/h2-10,14,16-17,22H,11,20H2,1H3,(H,21,23)(H,24,25)/t14-,16+,17+/m1/s1. The summed E-state index contributed by atoms with van der Waals surface area (Å²) in [6, 6.07) is 13.4. The highest BCUT2D eigenvalue weighted by molar-refractivity contribution is 5.87. The van der Waals surface area contributed by atoms with Crippen LogP contribution in [0, 0.1) is 0 Å². The topological polar surface area (TPSA) is 122 Å². The van der Waals surface area contributed by atoms with Crippen LogP contribution in [0.4, 0.5) is 0 Å². The number of nitrogens with one attached hydrogen (secondary N) is 1. The molecule has 0 unspecified atom stereocenters. The number of hydrogen-bond donors (Lipinski definition) is 4. The highest BCUT2D eigenvalue weighted by Crippen LogP contribution is 2.25. The van der Waals surface area contributed by atoms with Crippen LogP contribution in [0.2, 0.25) is 0 Å². The quantitative estimate of drug-likeness (QED) is 0.555. The molecule has 0 spiro atoms. The molecule has 0 aliphatic rings. The van der Waals surface area contributed by atoms with Gasteiger partial charge in [-0.3, -0.25) is 4.79 Å². The summed E-state index contributed by atoms with van der Waals surface area (Å²) < 4.78 is 5.14. The average molecular weight is 358 g/mol. The zero-order chi connectivity index (χ0) is 19.1. The molecular weight excluding hydrogens is 336 g/mol. The van der Waals surface area contributed by atoms with Gasteiger partial charge >= 0.3 is 5.97 Å². The fourth-order valence-corrected chi connectivity index (χ4v) is 2.60. The van der Waals surface area contributed by atoms with Crippen molar-refractivity contribution in [3.05, 3.63) is 65.7 Å². The van der Waals surface area contributed by atoms with Crippen LogP contribution in [0.1, 0.15) is 17.2 Å². The van der Waals surface area contributed by atoms with E-state index in [1.54, 1.807) is 18.2 Å². The van der Waals surface area contributed by atoms with Gasteiger partial charge < -0.3 is 26.0 Å². The maximum absolute atomic E-state index is 12.3. The first-order valence-corrected chi connectivity index (χ1v) is 8.07. The molecule has 7 nitrogen and oxygen atoms in total. The van der Waals surface area contributed by atoms with Gasteiger partial charge in [0.15, 0.2) is 6.04 Å². The first-order chi connectivity index (χ1) is 12.4. The van der Waals surface area contributed by atoms with Crippen LogP contribution in [0.5, 0.6) is 5.75 Å². The summed E-state index contributed by atoms with van der Waals surface area (Å²) in [5.74, 6) is -1.80. The minimum atomic E-state index is -1.55. The SMILES string of the molecule is COc1ccccc1[C@H](NC(=O)[C@@H](O)[C@H](N)Cc1ccccc1)C(=O)O. The number of para-hydroxylation sites is 1. The molecule has 0 radical (unpaired) electrons. The summed E-state index contributed by atoms with van der Waals surface area (Å²) in [6.07, 6.45) is -1.27. The van der Waals surface area contributed by atoms with Gasteiger partial charge in [-0.25, -0.2) is 4.79 Å². The number of hydrogen-bond acceptors (Lipinski definition) is 5. The van der Waals surface area contributed by atoms with Gasteiger partial charge in [0.05, 0.1) is 7.11 Å². The third-order valence-electron chi connectivity index (χ3n) is 3.97. The Morgan fingerprint density at radius 1 is 1.12 bits per heavy atom. The van der Waals surface area contributed by atoms with Gasteiger partial charge in [-0.1, -0.05) is 48.5 Å². The lowest BCUT2D eigenvalue weighted by molar-refractivity contribution is -0.144. The minimum Gasteiger partial charge on any atom is -0.496 e. The van der Waals surface area contributed by atoms with Gasteiger partial charge in [-0.15, -0.1) is 0 Å². The molecular formula is C19H22N2O5. The van der Waals surface area contributed by atoms with Crippen molar-refractivity contribution in [2.24, 2.45) is 5.73 Å². The van der Waals surface area contributed by atoms with E-state index in [0.29, 0.717) is 5.75 Å². The van der Waals surface area contributed by atoms with E-state index in [2.05, 4.69) is 5.32 Å². The second-order valence-electron chi connectivity index (χ2n) is 5.82. The minimum absolute atomic E-state index is 0.277. The molecule has 0 saturated heterocycles. The third-order valence-corrected chi connectivity index (χ3v) is 3.97. The molecule has 3 atom stereocenters. The van der Waals surface area contributed by atoms with Crippen molar-refractivity contribution in [2.45, 2.75) is 24.6 Å². The molecule has 0 bridgehead atoms. The Kier molecular flexibility index (Phi) is 6.71. The van der Waals surface area contributed by atoms with E-state index in [-0.39, 0.29) is 12.0 Å². The second kappa shape index (κ2) is 8.98. The number of benzene rings is 2. The molecule has 0 aromatic heterocycles. The van der Waals surface area contributed by atoms with Gasteiger partial charge in [-0.2, -0.15) is 0 Å². The fraction of sp³-hybridized carbons (Fsp3) is 0.263. The molecule has 2 aromatic rings. The van der Waals surface area contributed by atoms with E-state index in [4.69, 9.17) is 10.5 Å². The summed E-state index contributed by atoms with van der Waals surface area (Å²) in [6.45, 7) is 0. The number of aliphatic hydroxyl groups is 1. The smallest absolute Gasteiger partial charge is 0.331 e. The fourth-order valence-electron chi connectivity index (χ4n) is 2.60. The lowest BCUT2D eigenvalue weighted by Gasteiger charge is -2.22. The van der Waals surface area contributed by atoms with Crippen LogP contribution < -0.4 is 15.8 Å². The molecule has 1 amide bonds. The molecule has 0 heterocycles. The molecule has 0 aliphatic heterocycles. The normalized spacial score (nSPS) is 14.1. The van der Waals surface area contributed by atoms with E-state index in [1.165, 1.54) is 13.2 Å². The van der Waals surface area contributed by atoms with E-state index in [1.807, 2.05) is 30.3 Å². The number of carbonyl (C=O) groups is 2. The number of methoxy groups -OCH3 is 1. The van der Waals surface area contributed by atoms with Gasteiger partial charge in [0.1, 0.15) is 11.9 Å². The van der Waals surface area contributed by atoms with Crippen molar-refractivity contribution in [3.8, 4) is 5.75 Å². The van der Waals surface area contributed by atoms with Crippen LogP contribution in [0.25, 0.3) is 0 Å². The number of carboxylic acid groups (broad SMARTS) is 1. The van der Waals surface area contributed by atoms with Gasteiger partial charge in [0, 0.05) is 11.6 Å². The molecule has 5 N–H and O–H groups in total. The predicted octanol–water partition coefficient (Wildman–Crippen LogP) is 0.868. The monoisotopic (exact) mass is 358 g/mol. The number of carboxylic acids is 1. The Balaban J connectivity index is 2.10. The number of aliphatic hydroxyl groups excluding tert-OH is 1. The summed E-state index contributed by atoms with van der Waals surface area (Å²) in [5.41, 5.74) is 7.06. The van der Waals surface area contributed by atoms with Crippen molar-refractivity contribution < 1.29 is 24.5 Å². The molecule has 0 fully saturated rings. The van der Waals surface area contributed by atoms with Crippen LogP contribution >= 0.6 is 0 Å². The number of amides is 1. The van der Waals surface area contributed by atoms with Crippen molar-refractivity contribution in [3.63, 3.8) is 0 Å². The van der Waals surface area contributed by atoms with E-state index < -0.39 is 30.1 Å². The van der Waals surface area contributed by atoms with Crippen molar-refractivity contribution in [2.75, 3.05) is 7.11 Å². The largest absolute Gasteiger partial charge is 0.496 e. The number of nitrogens with two attached hydrogens (primary N) is 1. The average Bonchev–Trinajstić information content (AvgIpc) is 2.65. The Labute approximate surface area is 151 Å². The summed E-state index contributed by atoms with van der Waals surface area (Å²) in [7, 11) is 1.41. The number of ether oxygens (including phenoxy) is 1.